The summed E-state index contributed by atoms with van der Waals surface area (Å²) in [6, 6.07) is 8.25. The molecule has 0 saturated heterocycles. The third-order valence-electron chi connectivity index (χ3n) is 4.26. The number of amides is 1. The smallest absolute Gasteiger partial charge is 0.253 e. The first-order valence-electron chi connectivity index (χ1n) is 7.13. The summed E-state index contributed by atoms with van der Waals surface area (Å²) in [4.78, 5) is 16.4. The van der Waals surface area contributed by atoms with E-state index in [9.17, 15) is 4.79 Å². The normalized spacial score (nSPS) is 16.0. The highest BCUT2D eigenvalue weighted by atomic mass is 16.2. The van der Waals surface area contributed by atoms with Gasteiger partial charge in [0.2, 0.25) is 0 Å². The fourth-order valence-corrected chi connectivity index (χ4v) is 2.32. The minimum atomic E-state index is 0.130. The number of benzene rings is 1. The molecule has 0 bridgehead atoms. The van der Waals surface area contributed by atoms with Crippen LogP contribution in [0.1, 0.15) is 37.0 Å². The Balaban J connectivity index is 2.06. The Morgan fingerprint density at radius 3 is 2.32 bits per heavy atom. The van der Waals surface area contributed by atoms with Crippen LogP contribution in [0, 0.1) is 5.92 Å². The number of rotatable bonds is 5. The topological polar surface area (TPSA) is 23.6 Å². The van der Waals surface area contributed by atoms with Gasteiger partial charge in [0.1, 0.15) is 0 Å². The highest BCUT2D eigenvalue weighted by Gasteiger charge is 2.32. The van der Waals surface area contributed by atoms with Crippen LogP contribution in [0.3, 0.4) is 0 Å². The summed E-state index contributed by atoms with van der Waals surface area (Å²) in [5, 5.41) is 0. The molecule has 19 heavy (non-hydrogen) atoms. The zero-order valence-electron chi connectivity index (χ0n) is 12.4. The van der Waals surface area contributed by atoms with Crippen LogP contribution in [0.25, 0.3) is 0 Å². The fourth-order valence-electron chi connectivity index (χ4n) is 2.32. The second kappa shape index (κ2) is 5.64. The largest absolute Gasteiger partial charge is 0.375 e. The molecule has 3 heteroatoms. The van der Waals surface area contributed by atoms with E-state index in [0.717, 1.165) is 17.8 Å². The Hall–Kier alpha value is -1.51. The molecule has 0 N–H and O–H groups in total. The number of anilines is 1. The molecule has 2 rings (SSSR count). The first-order chi connectivity index (χ1) is 9.04. The van der Waals surface area contributed by atoms with Crippen molar-refractivity contribution in [3.05, 3.63) is 29.8 Å². The second-order valence-electron chi connectivity index (χ2n) is 5.56. The molecule has 0 heterocycles. The monoisotopic (exact) mass is 260 g/mol. The molecule has 1 fully saturated rings. The average Bonchev–Trinajstić information content (AvgIpc) is 3.28. The summed E-state index contributed by atoms with van der Waals surface area (Å²) >= 11 is 0. The Morgan fingerprint density at radius 1 is 1.26 bits per heavy atom. The number of carbonyl (C=O) groups excluding carboxylic acids is 1. The highest BCUT2D eigenvalue weighted by molar-refractivity contribution is 5.94. The van der Waals surface area contributed by atoms with Gasteiger partial charge < -0.3 is 9.80 Å². The predicted octanol–water partition coefficient (Wildman–Crippen LogP) is 3.01. The van der Waals surface area contributed by atoms with Crippen molar-refractivity contribution >= 4 is 11.6 Å². The Kier molecular flexibility index (Phi) is 4.13. The number of nitrogens with zero attached hydrogens (tertiary/aromatic N) is 2. The Bertz CT molecular complexity index is 437. The van der Waals surface area contributed by atoms with Gasteiger partial charge in [-0.1, -0.05) is 0 Å². The van der Waals surface area contributed by atoms with Crippen molar-refractivity contribution < 1.29 is 4.79 Å². The van der Waals surface area contributed by atoms with Crippen molar-refractivity contribution in [2.45, 2.75) is 32.7 Å². The van der Waals surface area contributed by atoms with E-state index in [4.69, 9.17) is 0 Å². The Morgan fingerprint density at radius 2 is 1.84 bits per heavy atom. The van der Waals surface area contributed by atoms with E-state index in [0.29, 0.717) is 12.0 Å². The first-order valence-corrected chi connectivity index (χ1v) is 7.13. The van der Waals surface area contributed by atoms with Gasteiger partial charge in [0, 0.05) is 37.9 Å². The van der Waals surface area contributed by atoms with Crippen LogP contribution in [0.5, 0.6) is 0 Å². The van der Waals surface area contributed by atoms with Crippen LogP contribution in [-0.4, -0.2) is 37.5 Å². The van der Waals surface area contributed by atoms with Crippen LogP contribution < -0.4 is 4.90 Å². The fraction of sp³-hybridized carbons (Fsp3) is 0.562. The summed E-state index contributed by atoms with van der Waals surface area (Å²) in [6.07, 6.45) is 2.53. The van der Waals surface area contributed by atoms with Crippen LogP contribution in [0.2, 0.25) is 0 Å². The van der Waals surface area contributed by atoms with Gasteiger partial charge in [0.25, 0.3) is 5.91 Å². The third-order valence-corrected chi connectivity index (χ3v) is 4.26. The van der Waals surface area contributed by atoms with Crippen LogP contribution in [0.15, 0.2) is 24.3 Å². The van der Waals surface area contributed by atoms with Gasteiger partial charge in [0.05, 0.1) is 0 Å². The standard InChI is InChI=1S/C16H24N2O/c1-5-17(3)15-10-8-14(9-11-15)16(19)18(4)12(2)13-6-7-13/h8-13H,5-7H2,1-4H3. The number of hydrogen-bond acceptors (Lipinski definition) is 2. The molecule has 1 aliphatic carbocycles. The van der Waals surface area contributed by atoms with Gasteiger partial charge in [0.15, 0.2) is 0 Å². The molecule has 1 unspecified atom stereocenters. The van der Waals surface area contributed by atoms with Crippen molar-refractivity contribution in [1.29, 1.82) is 0 Å². The second-order valence-corrected chi connectivity index (χ2v) is 5.56. The molecule has 0 radical (unpaired) electrons. The molecule has 0 spiro atoms. The van der Waals surface area contributed by atoms with Crippen molar-refractivity contribution in [2.24, 2.45) is 5.92 Å². The molecule has 1 aromatic carbocycles. The van der Waals surface area contributed by atoms with Gasteiger partial charge in [-0.3, -0.25) is 4.79 Å². The molecular formula is C16H24N2O. The molecular weight excluding hydrogens is 236 g/mol. The van der Waals surface area contributed by atoms with E-state index in [1.54, 1.807) is 0 Å². The number of hydrogen-bond donors (Lipinski definition) is 0. The molecule has 0 aromatic heterocycles. The predicted molar refractivity (Wildman–Crippen MR) is 79.7 cm³/mol. The van der Waals surface area contributed by atoms with Gasteiger partial charge in [-0.15, -0.1) is 0 Å². The molecule has 1 atom stereocenters. The maximum atomic E-state index is 12.4. The summed E-state index contributed by atoms with van der Waals surface area (Å²) in [5.41, 5.74) is 1.93. The van der Waals surface area contributed by atoms with Gasteiger partial charge in [-0.25, -0.2) is 0 Å². The summed E-state index contributed by atoms with van der Waals surface area (Å²) < 4.78 is 0. The van der Waals surface area contributed by atoms with Gasteiger partial charge >= 0.3 is 0 Å². The van der Waals surface area contributed by atoms with Gasteiger partial charge in [-0.2, -0.15) is 0 Å². The van der Waals surface area contributed by atoms with Crippen LogP contribution >= 0.6 is 0 Å². The molecule has 1 saturated carbocycles. The summed E-state index contributed by atoms with van der Waals surface area (Å²) in [7, 11) is 3.97. The molecule has 104 valence electrons. The van der Waals surface area contributed by atoms with Crippen LogP contribution in [0.4, 0.5) is 5.69 Å². The molecule has 1 aliphatic rings. The van der Waals surface area contributed by atoms with E-state index >= 15 is 0 Å². The number of carbonyl (C=O) groups is 1. The minimum Gasteiger partial charge on any atom is -0.375 e. The highest BCUT2D eigenvalue weighted by Crippen LogP contribution is 2.35. The molecule has 0 aliphatic heterocycles. The lowest BCUT2D eigenvalue weighted by Gasteiger charge is -2.25. The van der Waals surface area contributed by atoms with Crippen LogP contribution in [-0.2, 0) is 0 Å². The summed E-state index contributed by atoms with van der Waals surface area (Å²) in [5.74, 6) is 0.838. The molecule has 3 nitrogen and oxygen atoms in total. The van der Waals surface area contributed by atoms with E-state index in [1.807, 2.05) is 36.2 Å². The SMILES string of the molecule is CCN(C)c1ccc(C(=O)N(C)C(C)C2CC2)cc1. The maximum Gasteiger partial charge on any atom is 0.253 e. The van der Waals surface area contributed by atoms with Crippen molar-refractivity contribution in [3.8, 4) is 0 Å². The lowest BCUT2D eigenvalue weighted by Crippen LogP contribution is -2.36. The van der Waals surface area contributed by atoms with Gasteiger partial charge in [-0.05, 0) is 56.9 Å². The van der Waals surface area contributed by atoms with Crippen molar-refractivity contribution in [2.75, 3.05) is 25.5 Å². The van der Waals surface area contributed by atoms with Crippen molar-refractivity contribution in [3.63, 3.8) is 0 Å². The van der Waals surface area contributed by atoms with E-state index < -0.39 is 0 Å². The maximum absolute atomic E-state index is 12.4. The average molecular weight is 260 g/mol. The lowest BCUT2D eigenvalue weighted by molar-refractivity contribution is 0.0727. The molecule has 1 aromatic rings. The summed E-state index contributed by atoms with van der Waals surface area (Å²) in [6.45, 7) is 5.23. The Labute approximate surface area is 116 Å². The molecule has 1 amide bonds. The first kappa shape index (κ1) is 13.9. The minimum absolute atomic E-state index is 0.130. The van der Waals surface area contributed by atoms with Crippen molar-refractivity contribution in [1.82, 2.24) is 4.90 Å². The van der Waals surface area contributed by atoms with E-state index in [1.165, 1.54) is 12.8 Å². The zero-order valence-corrected chi connectivity index (χ0v) is 12.4. The third kappa shape index (κ3) is 3.09. The van der Waals surface area contributed by atoms with E-state index in [2.05, 4.69) is 25.8 Å². The lowest BCUT2D eigenvalue weighted by atomic mass is 10.1. The quantitative estimate of drug-likeness (QED) is 0.812. The zero-order chi connectivity index (χ0) is 14.0. The van der Waals surface area contributed by atoms with E-state index in [-0.39, 0.29) is 5.91 Å².